The minimum Gasteiger partial charge on any atom is -0.490 e. The summed E-state index contributed by atoms with van der Waals surface area (Å²) in [6.45, 7) is 6.74. The molecule has 27 heavy (non-hydrogen) atoms. The molecule has 2 aromatic carbocycles. The third-order valence-corrected chi connectivity index (χ3v) is 4.58. The quantitative estimate of drug-likeness (QED) is 0.604. The molecule has 1 amide bonds. The van der Waals surface area contributed by atoms with E-state index in [2.05, 4.69) is 21.0 Å². The van der Waals surface area contributed by atoms with Gasteiger partial charge in [0, 0.05) is 0 Å². The van der Waals surface area contributed by atoms with Crippen LogP contribution in [0.25, 0.3) is 6.08 Å². The lowest BCUT2D eigenvalue weighted by atomic mass is 10.1. The minimum atomic E-state index is -0.151. The first-order chi connectivity index (χ1) is 13.0. The molecule has 0 fully saturated rings. The second kappa shape index (κ2) is 8.39. The molecular formula is C21H21BrN2O3. The van der Waals surface area contributed by atoms with E-state index in [1.807, 2.05) is 69.3 Å². The Labute approximate surface area is 167 Å². The van der Waals surface area contributed by atoms with Crippen LogP contribution in [0, 0.1) is 0 Å². The van der Waals surface area contributed by atoms with Crippen molar-refractivity contribution in [2.24, 2.45) is 5.10 Å². The van der Waals surface area contributed by atoms with Crippen molar-refractivity contribution in [1.29, 1.82) is 0 Å². The van der Waals surface area contributed by atoms with Crippen LogP contribution in [-0.4, -0.2) is 24.8 Å². The zero-order valence-electron chi connectivity index (χ0n) is 15.5. The average molecular weight is 429 g/mol. The molecule has 6 heteroatoms. The number of para-hydroxylation sites is 1. The summed E-state index contributed by atoms with van der Waals surface area (Å²) in [4.78, 5) is 12.9. The van der Waals surface area contributed by atoms with E-state index in [4.69, 9.17) is 9.47 Å². The molecular weight excluding hydrogens is 408 g/mol. The van der Waals surface area contributed by atoms with Crippen molar-refractivity contribution in [3.8, 4) is 11.5 Å². The Bertz CT molecular complexity index is 907. The third-order valence-electron chi connectivity index (χ3n) is 3.99. The summed E-state index contributed by atoms with van der Waals surface area (Å²) < 4.78 is 12.2. The highest BCUT2D eigenvalue weighted by Crippen LogP contribution is 2.38. The van der Waals surface area contributed by atoms with Crippen LogP contribution in [0.15, 0.2) is 57.6 Å². The molecule has 0 atom stereocenters. The maximum absolute atomic E-state index is 12.9. The number of hydrogen-bond acceptors (Lipinski definition) is 4. The zero-order chi connectivity index (χ0) is 19.4. The van der Waals surface area contributed by atoms with E-state index in [-0.39, 0.29) is 5.91 Å². The lowest BCUT2D eigenvalue weighted by Gasteiger charge is -2.14. The standard InChI is InChI=1S/C21H21BrN2O3/c1-4-26-19-13-15(12-18(22)20(19)27-5-2)11-17-14(3)23-24(21(17)25)16-9-7-6-8-10-16/h6-13H,4-5H2,1-3H3/b17-11-. The number of carbonyl (C=O) groups is 1. The Balaban J connectivity index is 1.97. The van der Waals surface area contributed by atoms with Crippen LogP contribution >= 0.6 is 15.9 Å². The van der Waals surface area contributed by atoms with Gasteiger partial charge < -0.3 is 9.47 Å². The SMILES string of the molecule is CCOc1cc(/C=C2\C(=O)N(c3ccccc3)N=C2C)cc(Br)c1OCC. The highest BCUT2D eigenvalue weighted by Gasteiger charge is 2.28. The van der Waals surface area contributed by atoms with Gasteiger partial charge in [-0.2, -0.15) is 10.1 Å². The fraction of sp³-hybridized carbons (Fsp3) is 0.238. The Hall–Kier alpha value is -2.60. The fourth-order valence-electron chi connectivity index (χ4n) is 2.81. The maximum Gasteiger partial charge on any atom is 0.280 e. The van der Waals surface area contributed by atoms with Gasteiger partial charge in [-0.3, -0.25) is 4.79 Å². The lowest BCUT2D eigenvalue weighted by molar-refractivity contribution is -0.114. The van der Waals surface area contributed by atoms with E-state index >= 15 is 0 Å². The summed E-state index contributed by atoms with van der Waals surface area (Å²) in [6.07, 6.45) is 1.83. The van der Waals surface area contributed by atoms with Gasteiger partial charge in [0.1, 0.15) is 0 Å². The largest absolute Gasteiger partial charge is 0.490 e. The van der Waals surface area contributed by atoms with Gasteiger partial charge in [0.25, 0.3) is 5.91 Å². The van der Waals surface area contributed by atoms with Crippen LogP contribution in [0.1, 0.15) is 26.3 Å². The Morgan fingerprint density at radius 1 is 1.11 bits per heavy atom. The summed E-state index contributed by atoms with van der Waals surface area (Å²) in [6, 6.07) is 13.2. The molecule has 0 aliphatic carbocycles. The van der Waals surface area contributed by atoms with Crippen LogP contribution in [0.4, 0.5) is 5.69 Å². The zero-order valence-corrected chi connectivity index (χ0v) is 17.1. The molecule has 140 valence electrons. The van der Waals surface area contributed by atoms with E-state index in [1.54, 1.807) is 0 Å². The van der Waals surface area contributed by atoms with Crippen LogP contribution < -0.4 is 14.5 Å². The average Bonchev–Trinajstić information content (AvgIpc) is 2.94. The molecule has 0 unspecified atom stereocenters. The minimum absolute atomic E-state index is 0.151. The van der Waals surface area contributed by atoms with Gasteiger partial charge in [-0.25, -0.2) is 0 Å². The molecule has 0 saturated heterocycles. The smallest absolute Gasteiger partial charge is 0.280 e. The highest BCUT2D eigenvalue weighted by molar-refractivity contribution is 9.10. The Morgan fingerprint density at radius 3 is 2.48 bits per heavy atom. The number of halogens is 1. The molecule has 0 radical (unpaired) electrons. The summed E-state index contributed by atoms with van der Waals surface area (Å²) in [5.41, 5.74) is 2.80. The van der Waals surface area contributed by atoms with E-state index in [9.17, 15) is 4.79 Å². The summed E-state index contributed by atoms with van der Waals surface area (Å²) in [5.74, 6) is 1.15. The molecule has 5 nitrogen and oxygen atoms in total. The molecule has 3 rings (SSSR count). The Morgan fingerprint density at radius 2 is 1.81 bits per heavy atom. The highest BCUT2D eigenvalue weighted by atomic mass is 79.9. The first-order valence-corrected chi connectivity index (χ1v) is 9.60. The van der Waals surface area contributed by atoms with E-state index in [0.717, 1.165) is 15.7 Å². The van der Waals surface area contributed by atoms with Crippen molar-refractivity contribution < 1.29 is 14.3 Å². The molecule has 0 N–H and O–H groups in total. The number of rotatable bonds is 6. The van der Waals surface area contributed by atoms with Crippen molar-refractivity contribution in [2.75, 3.05) is 18.2 Å². The van der Waals surface area contributed by atoms with Gasteiger partial charge in [0.2, 0.25) is 0 Å². The molecule has 2 aromatic rings. The predicted octanol–water partition coefficient (Wildman–Crippen LogP) is 5.05. The molecule has 0 bridgehead atoms. The van der Waals surface area contributed by atoms with Crippen molar-refractivity contribution in [2.45, 2.75) is 20.8 Å². The number of benzene rings is 2. The Kier molecular flexibility index (Phi) is 5.96. The fourth-order valence-corrected chi connectivity index (χ4v) is 3.39. The molecule has 0 saturated carbocycles. The summed E-state index contributed by atoms with van der Waals surface area (Å²) >= 11 is 3.54. The van der Waals surface area contributed by atoms with Crippen LogP contribution in [0.5, 0.6) is 11.5 Å². The summed E-state index contributed by atoms with van der Waals surface area (Å²) in [7, 11) is 0. The normalized spacial score (nSPS) is 15.3. The number of ether oxygens (including phenoxy) is 2. The second-order valence-electron chi connectivity index (χ2n) is 5.89. The number of hydrogen-bond donors (Lipinski definition) is 0. The van der Waals surface area contributed by atoms with Crippen LogP contribution in [0.2, 0.25) is 0 Å². The number of hydrazone groups is 1. The van der Waals surface area contributed by atoms with E-state index in [1.165, 1.54) is 5.01 Å². The van der Waals surface area contributed by atoms with Gasteiger partial charge >= 0.3 is 0 Å². The lowest BCUT2D eigenvalue weighted by Crippen LogP contribution is -2.21. The molecule has 1 aliphatic heterocycles. The van der Waals surface area contributed by atoms with Gasteiger partial charge in [0.05, 0.1) is 34.7 Å². The van der Waals surface area contributed by atoms with Crippen molar-refractivity contribution in [1.82, 2.24) is 0 Å². The predicted molar refractivity (Wildman–Crippen MR) is 111 cm³/mol. The second-order valence-corrected chi connectivity index (χ2v) is 6.75. The van der Waals surface area contributed by atoms with Crippen molar-refractivity contribution in [3.63, 3.8) is 0 Å². The van der Waals surface area contributed by atoms with Gasteiger partial charge in [-0.05, 0) is 72.6 Å². The monoisotopic (exact) mass is 428 g/mol. The topological polar surface area (TPSA) is 51.1 Å². The number of anilines is 1. The summed E-state index contributed by atoms with van der Waals surface area (Å²) in [5, 5.41) is 5.83. The van der Waals surface area contributed by atoms with Gasteiger partial charge in [-0.15, -0.1) is 0 Å². The maximum atomic E-state index is 12.9. The van der Waals surface area contributed by atoms with E-state index < -0.39 is 0 Å². The van der Waals surface area contributed by atoms with Crippen molar-refractivity contribution >= 4 is 39.3 Å². The molecule has 0 spiro atoms. The molecule has 1 aliphatic rings. The molecule has 0 aromatic heterocycles. The molecule has 1 heterocycles. The van der Waals surface area contributed by atoms with E-state index in [0.29, 0.717) is 36.0 Å². The van der Waals surface area contributed by atoms with Crippen molar-refractivity contribution in [3.05, 3.63) is 58.1 Å². The first kappa shape index (κ1) is 19.2. The third kappa shape index (κ3) is 4.06. The number of amides is 1. The van der Waals surface area contributed by atoms with Gasteiger partial charge in [-0.1, -0.05) is 18.2 Å². The first-order valence-electron chi connectivity index (χ1n) is 8.81. The van der Waals surface area contributed by atoms with Crippen LogP contribution in [0.3, 0.4) is 0 Å². The number of nitrogens with zero attached hydrogens (tertiary/aromatic N) is 2. The van der Waals surface area contributed by atoms with Crippen LogP contribution in [-0.2, 0) is 4.79 Å². The van der Waals surface area contributed by atoms with Gasteiger partial charge in [0.15, 0.2) is 11.5 Å². The number of carbonyl (C=O) groups excluding carboxylic acids is 1.